The highest BCUT2D eigenvalue weighted by Gasteiger charge is 2.09. The van der Waals surface area contributed by atoms with Gasteiger partial charge < -0.3 is 9.47 Å². The second kappa shape index (κ2) is 6.99. The standard InChI is InChI=1S/C18H22O2/c1-4-14(2)16-10-11-17(18(12-16)19-3)20-13-15-8-6-5-7-9-15/h5-12,14H,4,13H2,1-3H3/t14-/m1/s1. The molecule has 0 spiro atoms. The van der Waals surface area contributed by atoms with Gasteiger partial charge in [0.1, 0.15) is 6.61 Å². The summed E-state index contributed by atoms with van der Waals surface area (Å²) in [5.74, 6) is 2.13. The van der Waals surface area contributed by atoms with Crippen molar-refractivity contribution in [3.05, 3.63) is 59.7 Å². The van der Waals surface area contributed by atoms with Gasteiger partial charge in [-0.05, 0) is 35.6 Å². The molecule has 0 heterocycles. The molecule has 0 N–H and O–H groups in total. The van der Waals surface area contributed by atoms with Crippen LogP contribution in [0, 0.1) is 0 Å². The molecular weight excluding hydrogens is 248 g/mol. The van der Waals surface area contributed by atoms with Crippen LogP contribution in [-0.4, -0.2) is 7.11 Å². The van der Waals surface area contributed by atoms with Gasteiger partial charge in [0.15, 0.2) is 11.5 Å². The number of methoxy groups -OCH3 is 1. The highest BCUT2D eigenvalue weighted by atomic mass is 16.5. The molecule has 0 amide bonds. The van der Waals surface area contributed by atoms with Crippen molar-refractivity contribution < 1.29 is 9.47 Å². The zero-order chi connectivity index (χ0) is 14.4. The molecule has 106 valence electrons. The molecule has 0 radical (unpaired) electrons. The van der Waals surface area contributed by atoms with E-state index < -0.39 is 0 Å². The number of rotatable bonds is 6. The fraction of sp³-hybridized carbons (Fsp3) is 0.333. The third kappa shape index (κ3) is 3.53. The third-order valence-corrected chi connectivity index (χ3v) is 3.61. The average molecular weight is 270 g/mol. The van der Waals surface area contributed by atoms with Gasteiger partial charge in [-0.2, -0.15) is 0 Å². The highest BCUT2D eigenvalue weighted by Crippen LogP contribution is 2.32. The Morgan fingerprint density at radius 2 is 1.75 bits per heavy atom. The van der Waals surface area contributed by atoms with Crippen molar-refractivity contribution in [1.82, 2.24) is 0 Å². The van der Waals surface area contributed by atoms with E-state index in [1.165, 1.54) is 5.56 Å². The summed E-state index contributed by atoms with van der Waals surface area (Å²) in [6.45, 7) is 4.97. The Balaban J connectivity index is 2.11. The second-order valence-electron chi connectivity index (χ2n) is 4.99. The number of hydrogen-bond acceptors (Lipinski definition) is 2. The van der Waals surface area contributed by atoms with Crippen LogP contribution in [0.25, 0.3) is 0 Å². The van der Waals surface area contributed by atoms with Crippen LogP contribution < -0.4 is 9.47 Å². The van der Waals surface area contributed by atoms with E-state index in [0.29, 0.717) is 12.5 Å². The van der Waals surface area contributed by atoms with Crippen LogP contribution in [0.3, 0.4) is 0 Å². The lowest BCUT2D eigenvalue weighted by Gasteiger charge is -2.15. The maximum atomic E-state index is 5.86. The largest absolute Gasteiger partial charge is 0.493 e. The van der Waals surface area contributed by atoms with E-state index in [1.54, 1.807) is 7.11 Å². The molecule has 20 heavy (non-hydrogen) atoms. The Labute approximate surface area is 121 Å². The van der Waals surface area contributed by atoms with Crippen molar-refractivity contribution in [2.24, 2.45) is 0 Å². The molecule has 1 atom stereocenters. The van der Waals surface area contributed by atoms with Crippen molar-refractivity contribution in [1.29, 1.82) is 0 Å². The van der Waals surface area contributed by atoms with E-state index in [0.717, 1.165) is 23.5 Å². The minimum absolute atomic E-state index is 0.534. The third-order valence-electron chi connectivity index (χ3n) is 3.61. The average Bonchev–Trinajstić information content (AvgIpc) is 2.53. The van der Waals surface area contributed by atoms with Gasteiger partial charge in [-0.25, -0.2) is 0 Å². The lowest BCUT2D eigenvalue weighted by molar-refractivity contribution is 0.284. The predicted molar refractivity (Wildman–Crippen MR) is 82.5 cm³/mol. The summed E-state index contributed by atoms with van der Waals surface area (Å²) in [6.07, 6.45) is 1.12. The maximum absolute atomic E-state index is 5.86. The molecule has 0 fully saturated rings. The van der Waals surface area contributed by atoms with Crippen LogP contribution in [0.15, 0.2) is 48.5 Å². The molecule has 0 saturated carbocycles. The summed E-state index contributed by atoms with van der Waals surface area (Å²) in [5.41, 5.74) is 2.44. The topological polar surface area (TPSA) is 18.5 Å². The summed E-state index contributed by atoms with van der Waals surface area (Å²) in [7, 11) is 1.69. The monoisotopic (exact) mass is 270 g/mol. The normalized spacial score (nSPS) is 11.9. The van der Waals surface area contributed by atoms with E-state index in [9.17, 15) is 0 Å². The molecular formula is C18H22O2. The zero-order valence-corrected chi connectivity index (χ0v) is 12.4. The van der Waals surface area contributed by atoms with Crippen LogP contribution >= 0.6 is 0 Å². The van der Waals surface area contributed by atoms with Gasteiger partial charge in [0.05, 0.1) is 7.11 Å². The van der Waals surface area contributed by atoms with Crippen LogP contribution in [0.2, 0.25) is 0 Å². The summed E-state index contributed by atoms with van der Waals surface area (Å²) in [5, 5.41) is 0. The Hall–Kier alpha value is -1.96. The first-order valence-corrected chi connectivity index (χ1v) is 7.09. The predicted octanol–water partition coefficient (Wildman–Crippen LogP) is 4.79. The van der Waals surface area contributed by atoms with Crippen molar-refractivity contribution >= 4 is 0 Å². The Bertz CT molecular complexity index is 534. The van der Waals surface area contributed by atoms with Gasteiger partial charge in [-0.3, -0.25) is 0 Å². The van der Waals surface area contributed by atoms with E-state index in [1.807, 2.05) is 24.3 Å². The molecule has 0 aliphatic rings. The molecule has 2 aromatic rings. The molecule has 0 aromatic heterocycles. The first-order chi connectivity index (χ1) is 9.74. The zero-order valence-electron chi connectivity index (χ0n) is 12.4. The quantitative estimate of drug-likeness (QED) is 0.751. The Kier molecular flexibility index (Phi) is 5.05. The molecule has 0 unspecified atom stereocenters. The van der Waals surface area contributed by atoms with Crippen LogP contribution in [0.4, 0.5) is 0 Å². The SMILES string of the molecule is CC[C@@H](C)c1ccc(OCc2ccccc2)c(OC)c1. The molecule has 0 aliphatic carbocycles. The van der Waals surface area contributed by atoms with E-state index >= 15 is 0 Å². The van der Waals surface area contributed by atoms with Gasteiger partial charge in [0.25, 0.3) is 0 Å². The van der Waals surface area contributed by atoms with Crippen molar-refractivity contribution in [3.8, 4) is 11.5 Å². The summed E-state index contributed by atoms with van der Waals surface area (Å²) in [6, 6.07) is 16.4. The fourth-order valence-corrected chi connectivity index (χ4v) is 2.08. The van der Waals surface area contributed by atoms with E-state index in [4.69, 9.17) is 9.47 Å². The minimum atomic E-state index is 0.534. The first-order valence-electron chi connectivity index (χ1n) is 7.09. The van der Waals surface area contributed by atoms with Gasteiger partial charge in [0, 0.05) is 0 Å². The Morgan fingerprint density at radius 1 is 1.00 bits per heavy atom. The van der Waals surface area contributed by atoms with Gasteiger partial charge >= 0.3 is 0 Å². The molecule has 2 aromatic carbocycles. The molecule has 0 saturated heterocycles. The van der Waals surface area contributed by atoms with Gasteiger partial charge in [-0.1, -0.05) is 50.2 Å². The fourth-order valence-electron chi connectivity index (χ4n) is 2.08. The maximum Gasteiger partial charge on any atom is 0.161 e. The number of hydrogen-bond donors (Lipinski definition) is 0. The molecule has 0 aliphatic heterocycles. The van der Waals surface area contributed by atoms with Crippen LogP contribution in [0.1, 0.15) is 37.3 Å². The van der Waals surface area contributed by atoms with Crippen molar-refractivity contribution in [2.75, 3.05) is 7.11 Å². The van der Waals surface area contributed by atoms with Crippen molar-refractivity contribution in [3.63, 3.8) is 0 Å². The highest BCUT2D eigenvalue weighted by molar-refractivity contribution is 5.44. The number of ether oxygens (including phenoxy) is 2. The smallest absolute Gasteiger partial charge is 0.161 e. The van der Waals surface area contributed by atoms with E-state index in [2.05, 4.69) is 38.1 Å². The lowest BCUT2D eigenvalue weighted by atomic mass is 9.98. The van der Waals surface area contributed by atoms with Crippen molar-refractivity contribution in [2.45, 2.75) is 32.8 Å². The summed E-state index contributed by atoms with van der Waals surface area (Å²) < 4.78 is 11.3. The lowest BCUT2D eigenvalue weighted by Crippen LogP contribution is -1.99. The summed E-state index contributed by atoms with van der Waals surface area (Å²) in [4.78, 5) is 0. The van der Waals surface area contributed by atoms with Crippen LogP contribution in [0.5, 0.6) is 11.5 Å². The van der Waals surface area contributed by atoms with Crippen LogP contribution in [-0.2, 0) is 6.61 Å². The molecule has 2 heteroatoms. The summed E-state index contributed by atoms with van der Waals surface area (Å²) >= 11 is 0. The first kappa shape index (κ1) is 14.4. The molecule has 0 bridgehead atoms. The number of benzene rings is 2. The molecule has 2 rings (SSSR count). The molecule has 2 nitrogen and oxygen atoms in total. The minimum Gasteiger partial charge on any atom is -0.493 e. The Morgan fingerprint density at radius 3 is 2.40 bits per heavy atom. The van der Waals surface area contributed by atoms with E-state index in [-0.39, 0.29) is 0 Å². The second-order valence-corrected chi connectivity index (χ2v) is 4.99. The van der Waals surface area contributed by atoms with Gasteiger partial charge in [-0.15, -0.1) is 0 Å². The van der Waals surface area contributed by atoms with Gasteiger partial charge in [0.2, 0.25) is 0 Å².